The largest absolute Gasteiger partial charge is 0.382 e. The zero-order valence-electron chi connectivity index (χ0n) is 13.7. The third kappa shape index (κ3) is 2.44. The second kappa shape index (κ2) is 5.52. The van der Waals surface area contributed by atoms with Gasteiger partial charge in [-0.2, -0.15) is 5.10 Å². The molecule has 0 radical (unpaired) electrons. The molecule has 2 aliphatic heterocycles. The van der Waals surface area contributed by atoms with E-state index in [0.29, 0.717) is 6.04 Å². The van der Waals surface area contributed by atoms with E-state index in [1.165, 1.54) is 62.4 Å². The van der Waals surface area contributed by atoms with Gasteiger partial charge in [-0.15, -0.1) is 0 Å². The van der Waals surface area contributed by atoms with E-state index in [9.17, 15) is 0 Å². The molecule has 0 amide bonds. The minimum Gasteiger partial charge on any atom is -0.382 e. The highest BCUT2D eigenvalue weighted by Gasteiger charge is 2.44. The number of hydrogen-bond acceptors (Lipinski definition) is 3. The Morgan fingerprint density at radius 3 is 2.57 bits per heavy atom. The molecular weight excluding hydrogens is 284 g/mol. The molecule has 2 N–H and O–H groups in total. The molecule has 3 aliphatic rings. The number of H-pyrrole nitrogens is 1. The Morgan fingerprint density at radius 2 is 1.78 bits per heavy atom. The van der Waals surface area contributed by atoms with Gasteiger partial charge in [-0.1, -0.05) is 12.8 Å². The van der Waals surface area contributed by atoms with E-state index in [-0.39, 0.29) is 0 Å². The molecule has 2 atom stereocenters. The molecule has 3 fully saturated rings. The van der Waals surface area contributed by atoms with Crippen LogP contribution in [0.2, 0.25) is 0 Å². The quantitative estimate of drug-likeness (QED) is 0.903. The molecule has 2 saturated heterocycles. The molecule has 1 aliphatic carbocycles. The number of rotatable bonds is 3. The summed E-state index contributed by atoms with van der Waals surface area (Å²) >= 11 is 0. The van der Waals surface area contributed by atoms with E-state index in [1.807, 2.05) is 6.20 Å². The Hall–Kier alpha value is -1.55. The zero-order valence-corrected chi connectivity index (χ0v) is 13.7. The van der Waals surface area contributed by atoms with Crippen LogP contribution in [0.25, 0.3) is 10.9 Å². The van der Waals surface area contributed by atoms with Crippen LogP contribution in [0.5, 0.6) is 0 Å². The summed E-state index contributed by atoms with van der Waals surface area (Å²) in [6.45, 7) is 0. The monoisotopic (exact) mass is 310 g/mol. The Bertz CT molecular complexity index is 673. The summed E-state index contributed by atoms with van der Waals surface area (Å²) in [4.78, 5) is 2.92. The molecule has 3 heterocycles. The lowest BCUT2D eigenvalue weighted by Crippen LogP contribution is -2.50. The predicted octanol–water partition coefficient (Wildman–Crippen LogP) is 3.91. The lowest BCUT2D eigenvalue weighted by molar-refractivity contribution is 0.0836. The Labute approximate surface area is 137 Å². The number of fused-ring (bicyclic) bond motifs is 3. The first-order chi connectivity index (χ1) is 11.4. The zero-order chi connectivity index (χ0) is 15.2. The van der Waals surface area contributed by atoms with Gasteiger partial charge in [-0.3, -0.25) is 10.00 Å². The number of piperidine rings is 1. The minimum absolute atomic E-state index is 0.634. The SMILES string of the molecule is c1cc2[nH]ncc2cc1NC1CC2CCC(C1)N2C1CCCC1. The summed E-state index contributed by atoms with van der Waals surface area (Å²) in [5, 5.41) is 12.1. The van der Waals surface area contributed by atoms with E-state index < -0.39 is 0 Å². The molecule has 122 valence electrons. The van der Waals surface area contributed by atoms with Crippen LogP contribution in [0.15, 0.2) is 24.4 Å². The van der Waals surface area contributed by atoms with E-state index in [2.05, 4.69) is 38.6 Å². The highest BCUT2D eigenvalue weighted by molar-refractivity contribution is 5.81. The van der Waals surface area contributed by atoms with Crippen LogP contribution in [0.1, 0.15) is 51.4 Å². The van der Waals surface area contributed by atoms with Crippen LogP contribution < -0.4 is 5.32 Å². The van der Waals surface area contributed by atoms with Crippen molar-refractivity contribution in [2.45, 2.75) is 75.5 Å². The molecule has 4 nitrogen and oxygen atoms in total. The molecule has 2 bridgehead atoms. The third-order valence-electron chi connectivity index (χ3n) is 6.35. The van der Waals surface area contributed by atoms with Gasteiger partial charge in [0, 0.05) is 35.2 Å². The molecule has 1 aromatic heterocycles. The summed E-state index contributed by atoms with van der Waals surface area (Å²) in [7, 11) is 0. The molecule has 2 aromatic rings. The van der Waals surface area contributed by atoms with Gasteiger partial charge in [0.2, 0.25) is 0 Å². The van der Waals surface area contributed by atoms with Crippen molar-refractivity contribution in [2.24, 2.45) is 0 Å². The Balaban J connectivity index is 1.30. The molecule has 5 rings (SSSR count). The second-order valence-electron chi connectivity index (χ2n) is 7.76. The Kier molecular flexibility index (Phi) is 3.32. The van der Waals surface area contributed by atoms with Gasteiger partial charge in [0.1, 0.15) is 0 Å². The van der Waals surface area contributed by atoms with Crippen molar-refractivity contribution < 1.29 is 0 Å². The van der Waals surface area contributed by atoms with Crippen LogP contribution in [0.4, 0.5) is 5.69 Å². The summed E-state index contributed by atoms with van der Waals surface area (Å²) in [5.41, 5.74) is 2.37. The summed E-state index contributed by atoms with van der Waals surface area (Å²) in [6, 6.07) is 9.73. The van der Waals surface area contributed by atoms with Gasteiger partial charge in [-0.25, -0.2) is 0 Å². The highest BCUT2D eigenvalue weighted by atomic mass is 15.3. The van der Waals surface area contributed by atoms with Crippen LogP contribution in [-0.4, -0.2) is 39.3 Å². The van der Waals surface area contributed by atoms with Crippen LogP contribution in [0, 0.1) is 0 Å². The van der Waals surface area contributed by atoms with Crippen LogP contribution in [-0.2, 0) is 0 Å². The molecule has 23 heavy (non-hydrogen) atoms. The number of anilines is 1. The maximum absolute atomic E-state index is 4.12. The van der Waals surface area contributed by atoms with Crippen molar-refractivity contribution in [1.82, 2.24) is 15.1 Å². The normalized spacial score (nSPS) is 31.9. The summed E-state index contributed by atoms with van der Waals surface area (Å²) in [5.74, 6) is 0. The highest BCUT2D eigenvalue weighted by Crippen LogP contribution is 2.41. The van der Waals surface area contributed by atoms with Gasteiger partial charge in [0.15, 0.2) is 0 Å². The minimum atomic E-state index is 0.634. The van der Waals surface area contributed by atoms with Gasteiger partial charge >= 0.3 is 0 Å². The number of nitrogens with one attached hydrogen (secondary N) is 2. The molecule has 2 unspecified atom stereocenters. The van der Waals surface area contributed by atoms with E-state index in [4.69, 9.17) is 0 Å². The fourth-order valence-electron chi connectivity index (χ4n) is 5.40. The van der Waals surface area contributed by atoms with E-state index in [1.54, 1.807) is 0 Å². The van der Waals surface area contributed by atoms with Gasteiger partial charge < -0.3 is 5.32 Å². The Morgan fingerprint density at radius 1 is 1.00 bits per heavy atom. The van der Waals surface area contributed by atoms with Gasteiger partial charge in [-0.05, 0) is 56.7 Å². The second-order valence-corrected chi connectivity index (χ2v) is 7.76. The van der Waals surface area contributed by atoms with Crippen molar-refractivity contribution in [2.75, 3.05) is 5.32 Å². The average Bonchev–Trinajstić information content (AvgIpc) is 3.26. The van der Waals surface area contributed by atoms with Crippen molar-refractivity contribution in [3.05, 3.63) is 24.4 Å². The summed E-state index contributed by atoms with van der Waals surface area (Å²) < 4.78 is 0. The van der Waals surface area contributed by atoms with E-state index in [0.717, 1.165) is 23.6 Å². The van der Waals surface area contributed by atoms with E-state index >= 15 is 0 Å². The molecule has 4 heteroatoms. The first-order valence-corrected chi connectivity index (χ1v) is 9.34. The molecule has 1 saturated carbocycles. The maximum atomic E-state index is 4.12. The smallest absolute Gasteiger partial charge is 0.0651 e. The van der Waals surface area contributed by atoms with Crippen molar-refractivity contribution in [3.63, 3.8) is 0 Å². The standard InChI is InChI=1S/C19H26N4/c1-2-4-16(3-1)23-17-6-7-18(23)11-15(10-17)21-14-5-8-19-13(9-14)12-20-22-19/h5,8-9,12,15-18,21H,1-4,6-7,10-11H2,(H,20,22). The first kappa shape index (κ1) is 13.8. The van der Waals surface area contributed by atoms with Crippen molar-refractivity contribution in [1.29, 1.82) is 0 Å². The van der Waals surface area contributed by atoms with Gasteiger partial charge in [0.05, 0.1) is 11.7 Å². The lowest BCUT2D eigenvalue weighted by Gasteiger charge is -2.43. The first-order valence-electron chi connectivity index (χ1n) is 9.34. The van der Waals surface area contributed by atoms with Crippen molar-refractivity contribution in [3.8, 4) is 0 Å². The fraction of sp³-hybridized carbons (Fsp3) is 0.632. The molecule has 1 aromatic carbocycles. The number of benzene rings is 1. The number of nitrogens with zero attached hydrogens (tertiary/aromatic N) is 2. The van der Waals surface area contributed by atoms with Crippen LogP contribution in [0.3, 0.4) is 0 Å². The van der Waals surface area contributed by atoms with Gasteiger partial charge in [0.25, 0.3) is 0 Å². The number of aromatic nitrogens is 2. The lowest BCUT2D eigenvalue weighted by atomic mass is 9.94. The van der Waals surface area contributed by atoms with Crippen molar-refractivity contribution >= 4 is 16.6 Å². The summed E-state index contributed by atoms with van der Waals surface area (Å²) in [6.07, 6.45) is 13.2. The molecule has 0 spiro atoms. The maximum Gasteiger partial charge on any atom is 0.0651 e. The number of aromatic amines is 1. The fourth-order valence-corrected chi connectivity index (χ4v) is 5.40. The van der Waals surface area contributed by atoms with Crippen LogP contribution >= 0.6 is 0 Å². The molecular formula is C19H26N4. The third-order valence-corrected chi connectivity index (χ3v) is 6.35. The average molecular weight is 310 g/mol. The topological polar surface area (TPSA) is 44.0 Å². The predicted molar refractivity (Wildman–Crippen MR) is 93.6 cm³/mol. The number of hydrogen-bond donors (Lipinski definition) is 2.